The van der Waals surface area contributed by atoms with Gasteiger partial charge in [0.2, 0.25) is 5.91 Å². The Kier molecular flexibility index (Phi) is 7.36. The molecule has 0 bridgehead atoms. The zero-order chi connectivity index (χ0) is 20.6. The third kappa shape index (κ3) is 6.39. The standard InChI is InChI=1S/C22H25ClN2O4/c1-28-19-6-2-16(3-7-19)14-22(27)25-12-10-18(11-13-25)24-21(26)15-29-20-8-4-17(23)5-9-20/h2-9,18H,10-15H2,1H3,(H,24,26). The number of piperidine rings is 1. The molecule has 1 aliphatic rings. The van der Waals surface area contributed by atoms with Gasteiger partial charge in [-0.25, -0.2) is 0 Å². The number of rotatable bonds is 7. The zero-order valence-corrected chi connectivity index (χ0v) is 17.2. The first-order chi connectivity index (χ1) is 14.0. The molecule has 3 rings (SSSR count). The fraction of sp³-hybridized carbons (Fsp3) is 0.364. The van der Waals surface area contributed by atoms with Gasteiger partial charge in [0.15, 0.2) is 6.61 Å². The van der Waals surface area contributed by atoms with Crippen molar-refractivity contribution < 1.29 is 19.1 Å². The lowest BCUT2D eigenvalue weighted by Gasteiger charge is -2.32. The molecule has 0 radical (unpaired) electrons. The Bertz CT molecular complexity index is 816. The van der Waals surface area contributed by atoms with E-state index in [1.165, 1.54) is 0 Å². The maximum atomic E-state index is 12.5. The van der Waals surface area contributed by atoms with E-state index in [2.05, 4.69) is 5.32 Å². The Morgan fingerprint density at radius 2 is 1.66 bits per heavy atom. The molecule has 0 unspecified atom stereocenters. The van der Waals surface area contributed by atoms with Crippen LogP contribution >= 0.6 is 11.6 Å². The summed E-state index contributed by atoms with van der Waals surface area (Å²) in [6.45, 7) is 1.23. The maximum absolute atomic E-state index is 12.5. The van der Waals surface area contributed by atoms with Crippen LogP contribution in [0.2, 0.25) is 5.02 Å². The SMILES string of the molecule is COc1ccc(CC(=O)N2CCC(NC(=O)COc3ccc(Cl)cc3)CC2)cc1. The number of halogens is 1. The van der Waals surface area contributed by atoms with Crippen molar-refractivity contribution in [2.45, 2.75) is 25.3 Å². The second kappa shape index (κ2) is 10.2. The van der Waals surface area contributed by atoms with Crippen LogP contribution in [0.1, 0.15) is 18.4 Å². The molecule has 2 aromatic carbocycles. The molecule has 0 atom stereocenters. The number of nitrogens with zero attached hydrogens (tertiary/aromatic N) is 1. The lowest BCUT2D eigenvalue weighted by Crippen LogP contribution is -2.47. The number of methoxy groups -OCH3 is 1. The topological polar surface area (TPSA) is 67.9 Å². The summed E-state index contributed by atoms with van der Waals surface area (Å²) < 4.78 is 10.6. The minimum atomic E-state index is -0.164. The number of carbonyl (C=O) groups excluding carboxylic acids is 2. The molecule has 1 fully saturated rings. The van der Waals surface area contributed by atoms with E-state index in [1.54, 1.807) is 31.4 Å². The predicted molar refractivity (Wildman–Crippen MR) is 111 cm³/mol. The summed E-state index contributed by atoms with van der Waals surface area (Å²) in [5.41, 5.74) is 0.963. The van der Waals surface area contributed by atoms with Crippen molar-refractivity contribution in [3.05, 3.63) is 59.1 Å². The number of amides is 2. The highest BCUT2D eigenvalue weighted by Gasteiger charge is 2.24. The zero-order valence-electron chi connectivity index (χ0n) is 16.4. The smallest absolute Gasteiger partial charge is 0.258 e. The third-order valence-electron chi connectivity index (χ3n) is 4.91. The van der Waals surface area contributed by atoms with E-state index in [0.717, 1.165) is 24.2 Å². The van der Waals surface area contributed by atoms with Gasteiger partial charge in [-0.3, -0.25) is 9.59 Å². The molecule has 29 heavy (non-hydrogen) atoms. The average Bonchev–Trinajstić information content (AvgIpc) is 2.74. The van der Waals surface area contributed by atoms with Gasteiger partial charge in [-0.1, -0.05) is 23.7 Å². The highest BCUT2D eigenvalue weighted by atomic mass is 35.5. The number of benzene rings is 2. The van der Waals surface area contributed by atoms with Crippen LogP contribution in [-0.4, -0.2) is 49.6 Å². The molecule has 1 saturated heterocycles. The Hall–Kier alpha value is -2.73. The highest BCUT2D eigenvalue weighted by molar-refractivity contribution is 6.30. The van der Waals surface area contributed by atoms with Crippen LogP contribution in [0, 0.1) is 0 Å². The number of hydrogen-bond donors (Lipinski definition) is 1. The largest absolute Gasteiger partial charge is 0.497 e. The lowest BCUT2D eigenvalue weighted by molar-refractivity contribution is -0.131. The first-order valence-corrected chi connectivity index (χ1v) is 9.99. The highest BCUT2D eigenvalue weighted by Crippen LogP contribution is 2.17. The molecule has 0 saturated carbocycles. The van der Waals surface area contributed by atoms with E-state index < -0.39 is 0 Å². The fourth-order valence-corrected chi connectivity index (χ4v) is 3.38. The van der Waals surface area contributed by atoms with E-state index in [4.69, 9.17) is 21.1 Å². The molecule has 2 amide bonds. The molecule has 6 nitrogen and oxygen atoms in total. The summed E-state index contributed by atoms with van der Waals surface area (Å²) >= 11 is 5.83. The van der Waals surface area contributed by atoms with Crippen LogP contribution in [-0.2, 0) is 16.0 Å². The van der Waals surface area contributed by atoms with Crippen molar-refractivity contribution in [3.63, 3.8) is 0 Å². The molecule has 0 aliphatic carbocycles. The molecule has 1 aliphatic heterocycles. The summed E-state index contributed by atoms with van der Waals surface area (Å²) in [6, 6.07) is 14.5. The Labute approximate surface area is 175 Å². The first kappa shape index (κ1) is 21.0. The van der Waals surface area contributed by atoms with E-state index in [9.17, 15) is 9.59 Å². The Morgan fingerprint density at radius 3 is 2.28 bits per heavy atom. The Balaban J connectivity index is 1.38. The number of hydrogen-bond acceptors (Lipinski definition) is 4. The number of nitrogens with one attached hydrogen (secondary N) is 1. The third-order valence-corrected chi connectivity index (χ3v) is 5.16. The van der Waals surface area contributed by atoms with Crippen LogP contribution in [0.3, 0.4) is 0 Å². The molecule has 1 N–H and O–H groups in total. The molecular weight excluding hydrogens is 392 g/mol. The van der Waals surface area contributed by atoms with Crippen molar-refractivity contribution in [1.82, 2.24) is 10.2 Å². The first-order valence-electron chi connectivity index (χ1n) is 9.62. The maximum Gasteiger partial charge on any atom is 0.258 e. The molecule has 154 valence electrons. The van der Waals surface area contributed by atoms with Crippen LogP contribution in [0.4, 0.5) is 0 Å². The van der Waals surface area contributed by atoms with Crippen molar-refractivity contribution in [1.29, 1.82) is 0 Å². The number of ether oxygens (including phenoxy) is 2. The fourth-order valence-electron chi connectivity index (χ4n) is 3.25. The van der Waals surface area contributed by atoms with Gasteiger partial charge in [0, 0.05) is 24.2 Å². The summed E-state index contributed by atoms with van der Waals surface area (Å²) in [6.07, 6.45) is 1.85. The van der Waals surface area contributed by atoms with E-state index in [-0.39, 0.29) is 24.5 Å². The minimum absolute atomic E-state index is 0.0434. The second-order valence-electron chi connectivity index (χ2n) is 6.99. The van der Waals surface area contributed by atoms with Gasteiger partial charge in [-0.05, 0) is 54.8 Å². The van der Waals surface area contributed by atoms with Crippen LogP contribution in [0.5, 0.6) is 11.5 Å². The van der Waals surface area contributed by atoms with Gasteiger partial charge in [0.05, 0.1) is 13.5 Å². The summed E-state index contributed by atoms with van der Waals surface area (Å²) in [4.78, 5) is 26.5. The average molecular weight is 417 g/mol. The lowest BCUT2D eigenvalue weighted by atomic mass is 10.0. The molecule has 2 aromatic rings. The summed E-state index contributed by atoms with van der Waals surface area (Å²) in [5.74, 6) is 1.32. The van der Waals surface area contributed by atoms with Crippen LogP contribution in [0.15, 0.2) is 48.5 Å². The molecule has 0 spiro atoms. The van der Waals surface area contributed by atoms with Crippen molar-refractivity contribution >= 4 is 23.4 Å². The van der Waals surface area contributed by atoms with Crippen LogP contribution in [0.25, 0.3) is 0 Å². The number of carbonyl (C=O) groups is 2. The summed E-state index contributed by atoms with van der Waals surface area (Å²) in [7, 11) is 1.62. The Morgan fingerprint density at radius 1 is 1.03 bits per heavy atom. The monoisotopic (exact) mass is 416 g/mol. The number of likely N-dealkylation sites (tertiary alicyclic amines) is 1. The summed E-state index contributed by atoms with van der Waals surface area (Å²) in [5, 5.41) is 3.60. The van der Waals surface area contributed by atoms with Gasteiger partial charge in [-0.2, -0.15) is 0 Å². The van der Waals surface area contributed by atoms with E-state index >= 15 is 0 Å². The van der Waals surface area contributed by atoms with Crippen molar-refractivity contribution in [3.8, 4) is 11.5 Å². The van der Waals surface area contributed by atoms with Gasteiger partial charge in [-0.15, -0.1) is 0 Å². The van der Waals surface area contributed by atoms with Gasteiger partial charge in [0.1, 0.15) is 11.5 Å². The van der Waals surface area contributed by atoms with Gasteiger partial charge < -0.3 is 19.7 Å². The quantitative estimate of drug-likeness (QED) is 0.753. The molecule has 0 aromatic heterocycles. The molecule has 1 heterocycles. The van der Waals surface area contributed by atoms with Gasteiger partial charge in [0.25, 0.3) is 5.91 Å². The van der Waals surface area contributed by atoms with Crippen molar-refractivity contribution in [2.24, 2.45) is 0 Å². The van der Waals surface area contributed by atoms with Crippen LogP contribution < -0.4 is 14.8 Å². The van der Waals surface area contributed by atoms with Gasteiger partial charge >= 0.3 is 0 Å². The molecule has 7 heteroatoms. The van der Waals surface area contributed by atoms with E-state index in [0.29, 0.717) is 30.3 Å². The molecular formula is C22H25ClN2O4. The van der Waals surface area contributed by atoms with Crippen molar-refractivity contribution in [2.75, 3.05) is 26.8 Å². The normalized spacial score (nSPS) is 14.3. The second-order valence-corrected chi connectivity index (χ2v) is 7.43. The van der Waals surface area contributed by atoms with E-state index in [1.807, 2.05) is 29.2 Å². The predicted octanol–water partition coefficient (Wildman–Crippen LogP) is 3.08. The minimum Gasteiger partial charge on any atom is -0.497 e.